The highest BCUT2D eigenvalue weighted by molar-refractivity contribution is 6.31. The van der Waals surface area contributed by atoms with Gasteiger partial charge in [-0.3, -0.25) is 0 Å². The Bertz CT molecular complexity index is 759. The Morgan fingerprint density at radius 3 is 2.42 bits per heavy atom. The van der Waals surface area contributed by atoms with Crippen LogP contribution < -0.4 is 4.90 Å². The lowest BCUT2D eigenvalue weighted by Gasteiger charge is -2.31. The van der Waals surface area contributed by atoms with Crippen LogP contribution in [-0.2, 0) is 28.5 Å². The van der Waals surface area contributed by atoms with Gasteiger partial charge in [-0.15, -0.1) is 0 Å². The lowest BCUT2D eigenvalue weighted by molar-refractivity contribution is -0.140. The van der Waals surface area contributed by atoms with Gasteiger partial charge in [0.25, 0.3) is 0 Å². The zero-order valence-corrected chi connectivity index (χ0v) is 15.3. The van der Waals surface area contributed by atoms with Gasteiger partial charge in [-0.25, -0.2) is 14.4 Å². The van der Waals surface area contributed by atoms with E-state index in [0.717, 1.165) is 0 Å². The summed E-state index contributed by atoms with van der Waals surface area (Å²) in [6.45, 7) is 1.72. The van der Waals surface area contributed by atoms with Crippen LogP contribution in [0.25, 0.3) is 0 Å². The molecule has 8 nitrogen and oxygen atoms in total. The Morgan fingerprint density at radius 2 is 1.81 bits per heavy atom. The van der Waals surface area contributed by atoms with Crippen LogP contribution in [0.4, 0.5) is 5.69 Å². The molecule has 0 atom stereocenters. The number of benzene rings is 1. The molecular weight excluding hydrogens is 366 g/mol. The lowest BCUT2D eigenvalue weighted by Crippen LogP contribution is -2.38. The largest absolute Gasteiger partial charge is 0.466 e. The molecule has 0 fully saturated rings. The van der Waals surface area contributed by atoms with Crippen molar-refractivity contribution in [3.63, 3.8) is 0 Å². The molecule has 9 heteroatoms. The van der Waals surface area contributed by atoms with E-state index >= 15 is 0 Å². The molecule has 0 saturated carbocycles. The zero-order valence-electron chi connectivity index (χ0n) is 14.5. The normalized spacial score (nSPS) is 14.1. The Morgan fingerprint density at radius 1 is 1.12 bits per heavy atom. The van der Waals surface area contributed by atoms with Gasteiger partial charge in [0.1, 0.15) is 12.4 Å². The molecule has 0 bridgehead atoms. The molecule has 0 aliphatic carbocycles. The molecule has 0 saturated heterocycles. The first-order valence-corrected chi connectivity index (χ1v) is 8.03. The quantitative estimate of drug-likeness (QED) is 0.562. The molecule has 0 spiro atoms. The van der Waals surface area contributed by atoms with E-state index in [1.165, 1.54) is 37.3 Å². The highest BCUT2D eigenvalue weighted by Gasteiger charge is 2.32. The molecule has 1 aromatic carbocycles. The third kappa shape index (κ3) is 4.14. The average Bonchev–Trinajstić information content (AvgIpc) is 2.65. The second-order valence-electron chi connectivity index (χ2n) is 5.13. The van der Waals surface area contributed by atoms with Crippen molar-refractivity contribution in [2.24, 2.45) is 0 Å². The summed E-state index contributed by atoms with van der Waals surface area (Å²) in [4.78, 5) is 37.7. The van der Waals surface area contributed by atoms with Gasteiger partial charge in [-0.05, 0) is 25.1 Å². The van der Waals surface area contributed by atoms with Crippen LogP contribution in [-0.4, -0.2) is 52.1 Å². The van der Waals surface area contributed by atoms with E-state index in [9.17, 15) is 14.4 Å². The number of ether oxygens (including phenoxy) is 4. The van der Waals surface area contributed by atoms with Crippen molar-refractivity contribution in [3.8, 4) is 0 Å². The van der Waals surface area contributed by atoms with E-state index in [4.69, 9.17) is 30.5 Å². The minimum atomic E-state index is -0.744. The summed E-state index contributed by atoms with van der Waals surface area (Å²) in [5.41, 5.74) is 0.525. The Balaban J connectivity index is 2.56. The van der Waals surface area contributed by atoms with Crippen LogP contribution in [0, 0.1) is 0 Å². The van der Waals surface area contributed by atoms with Crippen molar-refractivity contribution in [3.05, 3.63) is 40.1 Å². The average molecular weight is 384 g/mol. The topological polar surface area (TPSA) is 91.4 Å². The summed E-state index contributed by atoms with van der Waals surface area (Å²) in [5, 5.41) is 0.250. The first-order chi connectivity index (χ1) is 12.4. The van der Waals surface area contributed by atoms with E-state index in [1.54, 1.807) is 6.92 Å². The minimum Gasteiger partial charge on any atom is -0.466 e. The van der Waals surface area contributed by atoms with E-state index in [2.05, 4.69) is 0 Å². The van der Waals surface area contributed by atoms with Crippen LogP contribution in [0.15, 0.2) is 29.5 Å². The Kier molecular flexibility index (Phi) is 6.59. The van der Waals surface area contributed by atoms with Crippen LogP contribution in [0.3, 0.4) is 0 Å². The number of carbonyl (C=O) groups is 3. The number of methoxy groups -OCH3 is 2. The number of halogens is 1. The van der Waals surface area contributed by atoms with Gasteiger partial charge in [0.2, 0.25) is 0 Å². The summed E-state index contributed by atoms with van der Waals surface area (Å²) in [5.74, 6) is -2.03. The highest BCUT2D eigenvalue weighted by atomic mass is 35.5. The Hall–Kier alpha value is -2.58. The third-order valence-electron chi connectivity index (χ3n) is 3.54. The molecule has 0 N–H and O–H groups in total. The van der Waals surface area contributed by atoms with Crippen LogP contribution in [0.5, 0.6) is 0 Å². The van der Waals surface area contributed by atoms with Gasteiger partial charge in [0.05, 0.1) is 38.6 Å². The van der Waals surface area contributed by atoms with Crippen molar-refractivity contribution in [2.45, 2.75) is 6.92 Å². The number of rotatable bonds is 5. The summed E-state index contributed by atoms with van der Waals surface area (Å²) in [6.07, 6.45) is 0. The molecule has 1 aliphatic rings. The molecule has 0 aromatic heterocycles. The van der Waals surface area contributed by atoms with Crippen molar-refractivity contribution < 1.29 is 33.3 Å². The number of anilines is 1. The maximum atomic E-state index is 12.3. The third-order valence-corrected chi connectivity index (χ3v) is 3.76. The van der Waals surface area contributed by atoms with Crippen LogP contribution >= 0.6 is 11.6 Å². The maximum Gasteiger partial charge on any atom is 0.355 e. The zero-order chi connectivity index (χ0) is 19.3. The smallest absolute Gasteiger partial charge is 0.355 e. The van der Waals surface area contributed by atoms with Gasteiger partial charge in [0, 0.05) is 10.7 Å². The maximum absolute atomic E-state index is 12.3. The van der Waals surface area contributed by atoms with Gasteiger partial charge in [-0.2, -0.15) is 0 Å². The first kappa shape index (κ1) is 19.7. The van der Waals surface area contributed by atoms with Crippen LogP contribution in [0.1, 0.15) is 17.3 Å². The fraction of sp³-hybridized carbons (Fsp3) is 0.353. The molecule has 1 aliphatic heterocycles. The second kappa shape index (κ2) is 8.68. The van der Waals surface area contributed by atoms with Gasteiger partial charge < -0.3 is 23.8 Å². The molecule has 26 heavy (non-hydrogen) atoms. The molecule has 0 radical (unpaired) electrons. The van der Waals surface area contributed by atoms with E-state index in [1.807, 2.05) is 0 Å². The standard InChI is InChI=1S/C17H18ClNO7/c1-4-26-15(20)10-5-11(18)7-12(6-10)19-9-25-8-13(16(21)23-2)14(19)17(22)24-3/h5-7H,4,8-9H2,1-3H3. The van der Waals surface area contributed by atoms with E-state index < -0.39 is 17.9 Å². The lowest BCUT2D eigenvalue weighted by atomic mass is 10.1. The summed E-state index contributed by atoms with van der Waals surface area (Å²) < 4.78 is 19.8. The van der Waals surface area contributed by atoms with Crippen molar-refractivity contribution in [2.75, 3.05) is 39.1 Å². The Labute approximate surface area is 155 Å². The molecule has 2 rings (SSSR count). The number of esters is 3. The molecule has 1 heterocycles. The van der Waals surface area contributed by atoms with Crippen LogP contribution in [0.2, 0.25) is 5.02 Å². The number of carbonyl (C=O) groups excluding carboxylic acids is 3. The minimum absolute atomic E-state index is 0.00302. The highest BCUT2D eigenvalue weighted by Crippen LogP contribution is 2.30. The number of hydrogen-bond donors (Lipinski definition) is 0. The van der Waals surface area contributed by atoms with E-state index in [-0.39, 0.29) is 41.8 Å². The second-order valence-corrected chi connectivity index (χ2v) is 5.57. The van der Waals surface area contributed by atoms with Crippen molar-refractivity contribution >= 4 is 35.2 Å². The monoisotopic (exact) mass is 383 g/mol. The molecule has 140 valence electrons. The van der Waals surface area contributed by atoms with Gasteiger partial charge in [-0.1, -0.05) is 11.6 Å². The van der Waals surface area contributed by atoms with Gasteiger partial charge in [0.15, 0.2) is 0 Å². The summed E-state index contributed by atoms with van der Waals surface area (Å²) in [6, 6.07) is 4.45. The fourth-order valence-corrected chi connectivity index (χ4v) is 2.64. The number of hydrogen-bond acceptors (Lipinski definition) is 8. The first-order valence-electron chi connectivity index (χ1n) is 7.65. The SMILES string of the molecule is CCOC(=O)c1cc(Cl)cc(N2COCC(C(=O)OC)=C2C(=O)OC)c1. The molecule has 1 aromatic rings. The fourth-order valence-electron chi connectivity index (χ4n) is 2.41. The molecule has 0 amide bonds. The predicted octanol–water partition coefficient (Wildman–Crippen LogP) is 1.91. The van der Waals surface area contributed by atoms with Crippen molar-refractivity contribution in [1.29, 1.82) is 0 Å². The molecule has 0 unspecified atom stereocenters. The van der Waals surface area contributed by atoms with Gasteiger partial charge >= 0.3 is 17.9 Å². The predicted molar refractivity (Wildman–Crippen MR) is 91.8 cm³/mol. The van der Waals surface area contributed by atoms with Crippen molar-refractivity contribution in [1.82, 2.24) is 0 Å². The summed E-state index contributed by atoms with van der Waals surface area (Å²) in [7, 11) is 2.39. The number of nitrogens with zero attached hydrogens (tertiary/aromatic N) is 1. The summed E-state index contributed by atoms with van der Waals surface area (Å²) >= 11 is 6.10. The van der Waals surface area contributed by atoms with E-state index in [0.29, 0.717) is 5.69 Å². The molecular formula is C17H18ClNO7.